The third kappa shape index (κ3) is 3.04. The van der Waals surface area contributed by atoms with Crippen LogP contribution in [0.25, 0.3) is 0 Å². The molecule has 2 aliphatic rings. The van der Waals surface area contributed by atoms with Crippen molar-refractivity contribution in [1.29, 1.82) is 5.26 Å². The summed E-state index contributed by atoms with van der Waals surface area (Å²) in [6.07, 6.45) is 1.52. The second-order valence-electron chi connectivity index (χ2n) is 6.70. The van der Waals surface area contributed by atoms with Crippen molar-refractivity contribution in [2.75, 3.05) is 19.8 Å². The summed E-state index contributed by atoms with van der Waals surface area (Å²) in [5.74, 6) is 0.887. The molecule has 1 aromatic rings. The molecular formula is C18H22N2O3. The number of nitriles is 1. The van der Waals surface area contributed by atoms with Gasteiger partial charge in [-0.3, -0.25) is 4.79 Å². The van der Waals surface area contributed by atoms with Gasteiger partial charge >= 0.3 is 0 Å². The number of nitrogens with zero attached hydrogens (tertiary/aromatic N) is 2. The van der Waals surface area contributed by atoms with Gasteiger partial charge in [-0.05, 0) is 31.9 Å². The number of ether oxygens (including phenoxy) is 2. The first-order chi connectivity index (χ1) is 11.0. The van der Waals surface area contributed by atoms with Gasteiger partial charge in [0.25, 0.3) is 0 Å². The number of rotatable bonds is 1. The molecule has 1 unspecified atom stereocenters. The Labute approximate surface area is 136 Å². The molecule has 0 spiro atoms. The lowest BCUT2D eigenvalue weighted by Gasteiger charge is -2.38. The fraction of sp³-hybridized carbons (Fsp3) is 0.556. The van der Waals surface area contributed by atoms with E-state index in [1.54, 1.807) is 12.1 Å². The van der Waals surface area contributed by atoms with Crippen molar-refractivity contribution in [3.05, 3.63) is 29.3 Å². The standard InChI is InChI=1S/C18H22N2O3/c1-13-12-23-16-9-14(10-19)3-4-15(16)11-20(13)17(21)18(2)5-7-22-8-6-18/h3-4,9,13H,5-8,11-12H2,1-2H3. The Morgan fingerprint density at radius 1 is 1.39 bits per heavy atom. The van der Waals surface area contributed by atoms with Crippen LogP contribution in [0, 0.1) is 16.7 Å². The lowest BCUT2D eigenvalue weighted by atomic mass is 9.80. The number of carbonyl (C=O) groups is 1. The summed E-state index contributed by atoms with van der Waals surface area (Å²) < 4.78 is 11.2. The Hall–Kier alpha value is -2.06. The highest BCUT2D eigenvalue weighted by Gasteiger charge is 2.40. The number of benzene rings is 1. The fourth-order valence-corrected chi connectivity index (χ4v) is 3.18. The number of hydrogen-bond acceptors (Lipinski definition) is 4. The molecule has 5 heteroatoms. The highest BCUT2D eigenvalue weighted by molar-refractivity contribution is 5.83. The van der Waals surface area contributed by atoms with Gasteiger partial charge in [-0.2, -0.15) is 5.26 Å². The predicted molar refractivity (Wildman–Crippen MR) is 84.8 cm³/mol. The minimum atomic E-state index is -0.358. The van der Waals surface area contributed by atoms with Crippen LogP contribution < -0.4 is 4.74 Å². The molecule has 122 valence electrons. The lowest BCUT2D eigenvalue weighted by molar-refractivity contribution is -0.149. The summed E-state index contributed by atoms with van der Waals surface area (Å²) in [5.41, 5.74) is 1.17. The van der Waals surface area contributed by atoms with Crippen LogP contribution >= 0.6 is 0 Å². The normalized spacial score (nSPS) is 23.2. The molecule has 0 saturated carbocycles. The average molecular weight is 314 g/mol. The second kappa shape index (κ2) is 6.21. The Morgan fingerprint density at radius 2 is 2.13 bits per heavy atom. The van der Waals surface area contributed by atoms with Gasteiger partial charge in [0, 0.05) is 25.3 Å². The summed E-state index contributed by atoms with van der Waals surface area (Å²) in [5, 5.41) is 9.02. The van der Waals surface area contributed by atoms with Gasteiger partial charge in [0.1, 0.15) is 12.4 Å². The van der Waals surface area contributed by atoms with Crippen molar-refractivity contribution in [3.63, 3.8) is 0 Å². The van der Waals surface area contributed by atoms with Crippen LogP contribution in [0.1, 0.15) is 37.8 Å². The van der Waals surface area contributed by atoms with Crippen molar-refractivity contribution in [3.8, 4) is 11.8 Å². The van der Waals surface area contributed by atoms with Crippen molar-refractivity contribution in [2.24, 2.45) is 5.41 Å². The molecule has 1 fully saturated rings. The Bertz CT molecular complexity index is 644. The molecule has 1 saturated heterocycles. The first-order valence-electron chi connectivity index (χ1n) is 8.08. The monoisotopic (exact) mass is 314 g/mol. The van der Waals surface area contributed by atoms with E-state index in [2.05, 4.69) is 6.07 Å². The summed E-state index contributed by atoms with van der Waals surface area (Å²) in [7, 11) is 0. The van der Waals surface area contributed by atoms with Crippen molar-refractivity contribution in [2.45, 2.75) is 39.3 Å². The van der Waals surface area contributed by atoms with Gasteiger partial charge in [0.05, 0.1) is 23.1 Å². The average Bonchev–Trinajstić information content (AvgIpc) is 2.73. The molecular weight excluding hydrogens is 292 g/mol. The van der Waals surface area contributed by atoms with Gasteiger partial charge in [0.2, 0.25) is 5.91 Å². The zero-order chi connectivity index (χ0) is 16.4. The van der Waals surface area contributed by atoms with Crippen LogP contribution in [-0.2, 0) is 16.1 Å². The van der Waals surface area contributed by atoms with Crippen LogP contribution in [0.2, 0.25) is 0 Å². The molecule has 0 aromatic heterocycles. The SMILES string of the molecule is CC1COc2cc(C#N)ccc2CN1C(=O)C1(C)CCOCC1. The zero-order valence-corrected chi connectivity index (χ0v) is 13.7. The van der Waals surface area contributed by atoms with Crippen molar-refractivity contribution < 1.29 is 14.3 Å². The third-order valence-electron chi connectivity index (χ3n) is 4.92. The van der Waals surface area contributed by atoms with Crippen LogP contribution in [0.5, 0.6) is 5.75 Å². The summed E-state index contributed by atoms with van der Waals surface area (Å²) in [4.78, 5) is 15.1. The zero-order valence-electron chi connectivity index (χ0n) is 13.7. The van der Waals surface area contributed by atoms with Gasteiger partial charge in [-0.15, -0.1) is 0 Å². The Balaban J connectivity index is 1.86. The molecule has 2 heterocycles. The van der Waals surface area contributed by atoms with Crippen LogP contribution in [0.3, 0.4) is 0 Å². The molecule has 5 nitrogen and oxygen atoms in total. The van der Waals surface area contributed by atoms with E-state index in [1.807, 2.05) is 24.8 Å². The van der Waals surface area contributed by atoms with Crippen molar-refractivity contribution >= 4 is 5.91 Å². The molecule has 3 rings (SSSR count). The van der Waals surface area contributed by atoms with Gasteiger partial charge in [0.15, 0.2) is 0 Å². The molecule has 1 aromatic carbocycles. The van der Waals surface area contributed by atoms with Gasteiger partial charge in [-0.1, -0.05) is 13.0 Å². The van der Waals surface area contributed by atoms with Gasteiger partial charge < -0.3 is 14.4 Å². The summed E-state index contributed by atoms with van der Waals surface area (Å²) in [6, 6.07) is 7.54. The quantitative estimate of drug-likeness (QED) is 0.799. The van der Waals surface area contributed by atoms with E-state index in [-0.39, 0.29) is 17.4 Å². The molecule has 0 radical (unpaired) electrons. The lowest BCUT2D eigenvalue weighted by Crippen LogP contribution is -2.49. The Kier molecular flexibility index (Phi) is 4.27. The van der Waals surface area contributed by atoms with Crippen LogP contribution in [0.4, 0.5) is 0 Å². The largest absolute Gasteiger partial charge is 0.491 e. The number of amides is 1. The number of carbonyl (C=O) groups excluding carboxylic acids is 1. The molecule has 0 bridgehead atoms. The molecule has 1 atom stereocenters. The minimum Gasteiger partial charge on any atom is -0.491 e. The van der Waals surface area contributed by atoms with E-state index in [0.29, 0.717) is 37.7 Å². The predicted octanol–water partition coefficient (Wildman–Crippen LogP) is 2.48. The molecule has 1 amide bonds. The highest BCUT2D eigenvalue weighted by atomic mass is 16.5. The molecule has 2 aliphatic heterocycles. The third-order valence-corrected chi connectivity index (χ3v) is 4.92. The Morgan fingerprint density at radius 3 is 2.83 bits per heavy atom. The molecule has 23 heavy (non-hydrogen) atoms. The number of fused-ring (bicyclic) bond motifs is 1. The fourth-order valence-electron chi connectivity index (χ4n) is 3.18. The van der Waals surface area contributed by atoms with E-state index < -0.39 is 0 Å². The maximum absolute atomic E-state index is 13.1. The maximum Gasteiger partial charge on any atom is 0.229 e. The van der Waals surface area contributed by atoms with E-state index in [4.69, 9.17) is 14.7 Å². The van der Waals surface area contributed by atoms with E-state index in [0.717, 1.165) is 18.4 Å². The molecule has 0 N–H and O–H groups in total. The van der Waals surface area contributed by atoms with E-state index >= 15 is 0 Å². The van der Waals surface area contributed by atoms with Gasteiger partial charge in [-0.25, -0.2) is 0 Å². The van der Waals surface area contributed by atoms with Crippen LogP contribution in [-0.4, -0.2) is 36.7 Å². The summed E-state index contributed by atoms with van der Waals surface area (Å²) >= 11 is 0. The topological polar surface area (TPSA) is 62.6 Å². The first kappa shape index (κ1) is 15.8. The first-order valence-corrected chi connectivity index (χ1v) is 8.08. The maximum atomic E-state index is 13.1. The van der Waals surface area contributed by atoms with Crippen molar-refractivity contribution in [1.82, 2.24) is 4.90 Å². The minimum absolute atomic E-state index is 0.0000978. The highest BCUT2D eigenvalue weighted by Crippen LogP contribution is 2.35. The molecule has 0 aliphatic carbocycles. The van der Waals surface area contributed by atoms with Crippen LogP contribution in [0.15, 0.2) is 18.2 Å². The smallest absolute Gasteiger partial charge is 0.229 e. The van der Waals surface area contributed by atoms with E-state index in [9.17, 15) is 4.79 Å². The van der Waals surface area contributed by atoms with E-state index in [1.165, 1.54) is 0 Å². The number of hydrogen-bond donors (Lipinski definition) is 0. The second-order valence-corrected chi connectivity index (χ2v) is 6.70. The summed E-state index contributed by atoms with van der Waals surface area (Å²) in [6.45, 7) is 6.30.